The molecule has 0 aliphatic heterocycles. The number of carboxylic acid groups (broad SMARTS) is 1. The zero-order valence-corrected chi connectivity index (χ0v) is 11.5. The van der Waals surface area contributed by atoms with Crippen LogP contribution in [-0.4, -0.2) is 34.0 Å². The molecule has 0 spiro atoms. The molecule has 1 fully saturated rings. The molecule has 0 saturated heterocycles. The maximum atomic E-state index is 10.6. The van der Waals surface area contributed by atoms with Crippen LogP contribution in [0, 0.1) is 0 Å². The fraction of sp³-hybridized carbons (Fsp3) is 0.500. The highest BCUT2D eigenvalue weighted by Crippen LogP contribution is 2.21. The number of carbonyl (C=O) groups is 1. The molecule has 1 aliphatic rings. The minimum absolute atomic E-state index is 0.0377. The molecular formula is C14H19N3O3. The Labute approximate surface area is 117 Å². The van der Waals surface area contributed by atoms with Crippen molar-refractivity contribution in [1.82, 2.24) is 10.3 Å². The van der Waals surface area contributed by atoms with E-state index in [9.17, 15) is 4.79 Å². The molecule has 1 aromatic heterocycles. The zero-order valence-electron chi connectivity index (χ0n) is 11.5. The monoisotopic (exact) mass is 277 g/mol. The van der Waals surface area contributed by atoms with E-state index in [1.807, 2.05) is 19.1 Å². The molecule has 1 heterocycles. The Morgan fingerprint density at radius 1 is 1.45 bits per heavy atom. The standard InChI is InChI=1S/C14H19N3O3/c1-10(11-3-2-8-15-9-11)17-20-13-6-4-12(5-7-13)16-14(18)19/h2-3,8-9,12-13,16H,4-7H2,1H3,(H,18,19). The summed E-state index contributed by atoms with van der Waals surface area (Å²) in [5, 5.41) is 15.3. The number of nitrogens with zero attached hydrogens (tertiary/aromatic N) is 2. The van der Waals surface area contributed by atoms with Crippen LogP contribution in [-0.2, 0) is 4.84 Å². The van der Waals surface area contributed by atoms with E-state index in [4.69, 9.17) is 9.94 Å². The number of hydrogen-bond acceptors (Lipinski definition) is 4. The summed E-state index contributed by atoms with van der Waals surface area (Å²) in [5.41, 5.74) is 1.73. The summed E-state index contributed by atoms with van der Waals surface area (Å²) >= 11 is 0. The molecule has 0 aromatic carbocycles. The lowest BCUT2D eigenvalue weighted by atomic mass is 9.93. The minimum Gasteiger partial charge on any atom is -0.465 e. The van der Waals surface area contributed by atoms with E-state index in [2.05, 4.69) is 15.5 Å². The van der Waals surface area contributed by atoms with Crippen LogP contribution in [0.5, 0.6) is 0 Å². The highest BCUT2D eigenvalue weighted by atomic mass is 16.6. The number of pyridine rings is 1. The van der Waals surface area contributed by atoms with Crippen LogP contribution in [0.1, 0.15) is 38.2 Å². The molecule has 6 nitrogen and oxygen atoms in total. The first-order chi connectivity index (χ1) is 9.65. The summed E-state index contributed by atoms with van der Waals surface area (Å²) in [6, 6.07) is 3.83. The Morgan fingerprint density at radius 3 is 2.80 bits per heavy atom. The van der Waals surface area contributed by atoms with Crippen LogP contribution in [0.15, 0.2) is 29.7 Å². The predicted molar refractivity (Wildman–Crippen MR) is 74.7 cm³/mol. The number of oxime groups is 1. The van der Waals surface area contributed by atoms with Crippen LogP contribution in [0.3, 0.4) is 0 Å². The molecule has 1 saturated carbocycles. The van der Waals surface area contributed by atoms with Gasteiger partial charge in [-0.2, -0.15) is 0 Å². The second kappa shape index (κ2) is 6.88. The number of nitrogens with one attached hydrogen (secondary N) is 1. The number of amides is 1. The largest absolute Gasteiger partial charge is 0.465 e. The first kappa shape index (κ1) is 14.3. The lowest BCUT2D eigenvalue weighted by Crippen LogP contribution is -2.38. The van der Waals surface area contributed by atoms with Gasteiger partial charge in [0.05, 0.1) is 5.71 Å². The van der Waals surface area contributed by atoms with E-state index < -0.39 is 6.09 Å². The third-order valence-electron chi connectivity index (χ3n) is 3.42. The first-order valence-electron chi connectivity index (χ1n) is 6.75. The van der Waals surface area contributed by atoms with Gasteiger partial charge in [-0.3, -0.25) is 4.98 Å². The van der Waals surface area contributed by atoms with Crippen molar-refractivity contribution in [3.05, 3.63) is 30.1 Å². The summed E-state index contributed by atoms with van der Waals surface area (Å²) in [7, 11) is 0. The molecule has 0 atom stereocenters. The van der Waals surface area contributed by atoms with Gasteiger partial charge in [0.2, 0.25) is 0 Å². The molecule has 20 heavy (non-hydrogen) atoms. The Bertz CT molecular complexity index is 468. The third-order valence-corrected chi connectivity index (χ3v) is 3.42. The van der Waals surface area contributed by atoms with Crippen molar-refractivity contribution in [1.29, 1.82) is 0 Å². The van der Waals surface area contributed by atoms with Crippen molar-refractivity contribution < 1.29 is 14.7 Å². The Balaban J connectivity index is 1.80. The van der Waals surface area contributed by atoms with Crippen molar-refractivity contribution in [3.8, 4) is 0 Å². The van der Waals surface area contributed by atoms with Crippen LogP contribution < -0.4 is 5.32 Å². The topological polar surface area (TPSA) is 83.8 Å². The highest BCUT2D eigenvalue weighted by Gasteiger charge is 2.23. The molecule has 1 aromatic rings. The Kier molecular flexibility index (Phi) is 4.92. The van der Waals surface area contributed by atoms with Gasteiger partial charge in [-0.05, 0) is 44.7 Å². The Hall–Kier alpha value is -2.11. The van der Waals surface area contributed by atoms with Gasteiger partial charge in [0.25, 0.3) is 0 Å². The summed E-state index contributed by atoms with van der Waals surface area (Å²) in [4.78, 5) is 20.1. The second-order valence-corrected chi connectivity index (χ2v) is 4.95. The molecule has 2 N–H and O–H groups in total. The first-order valence-corrected chi connectivity index (χ1v) is 6.75. The van der Waals surface area contributed by atoms with Gasteiger partial charge in [0.1, 0.15) is 6.10 Å². The predicted octanol–water partition coefficient (Wildman–Crippen LogP) is 2.40. The number of rotatable bonds is 4. The van der Waals surface area contributed by atoms with Crippen molar-refractivity contribution in [2.45, 2.75) is 44.8 Å². The van der Waals surface area contributed by atoms with Crippen molar-refractivity contribution in [3.63, 3.8) is 0 Å². The SMILES string of the molecule is CC(=NOC1CCC(NC(=O)O)CC1)c1cccnc1. The minimum atomic E-state index is -0.959. The molecule has 1 amide bonds. The van der Waals surface area contributed by atoms with E-state index >= 15 is 0 Å². The van der Waals surface area contributed by atoms with Crippen LogP contribution in [0.4, 0.5) is 4.79 Å². The van der Waals surface area contributed by atoms with E-state index in [1.54, 1.807) is 12.4 Å². The molecule has 108 valence electrons. The van der Waals surface area contributed by atoms with E-state index in [1.165, 1.54) is 0 Å². The van der Waals surface area contributed by atoms with E-state index in [0.29, 0.717) is 0 Å². The zero-order chi connectivity index (χ0) is 14.4. The van der Waals surface area contributed by atoms with Gasteiger partial charge >= 0.3 is 6.09 Å². The van der Waals surface area contributed by atoms with Gasteiger partial charge in [-0.25, -0.2) is 4.79 Å². The number of hydrogen-bond donors (Lipinski definition) is 2. The van der Waals surface area contributed by atoms with E-state index in [-0.39, 0.29) is 12.1 Å². The molecule has 2 rings (SSSR count). The summed E-state index contributed by atoms with van der Waals surface area (Å²) in [5.74, 6) is 0. The van der Waals surface area contributed by atoms with Crippen molar-refractivity contribution in [2.24, 2.45) is 5.16 Å². The molecule has 0 unspecified atom stereocenters. The quantitative estimate of drug-likeness (QED) is 0.654. The van der Waals surface area contributed by atoms with Crippen LogP contribution in [0.25, 0.3) is 0 Å². The van der Waals surface area contributed by atoms with Crippen molar-refractivity contribution in [2.75, 3.05) is 0 Å². The molecule has 1 aliphatic carbocycles. The van der Waals surface area contributed by atoms with Gasteiger partial charge in [0, 0.05) is 24.0 Å². The fourth-order valence-corrected chi connectivity index (χ4v) is 2.27. The van der Waals surface area contributed by atoms with Gasteiger partial charge in [0.15, 0.2) is 0 Å². The van der Waals surface area contributed by atoms with Crippen LogP contribution in [0.2, 0.25) is 0 Å². The smallest absolute Gasteiger partial charge is 0.404 e. The molecular weight excluding hydrogens is 258 g/mol. The molecule has 6 heteroatoms. The molecule has 0 radical (unpaired) electrons. The average molecular weight is 277 g/mol. The van der Waals surface area contributed by atoms with Gasteiger partial charge < -0.3 is 15.3 Å². The van der Waals surface area contributed by atoms with Crippen molar-refractivity contribution >= 4 is 11.8 Å². The molecule has 0 bridgehead atoms. The van der Waals surface area contributed by atoms with Crippen LogP contribution >= 0.6 is 0 Å². The fourth-order valence-electron chi connectivity index (χ4n) is 2.27. The van der Waals surface area contributed by atoms with E-state index in [0.717, 1.165) is 37.0 Å². The average Bonchev–Trinajstić information content (AvgIpc) is 2.46. The van der Waals surface area contributed by atoms with Gasteiger partial charge in [-0.15, -0.1) is 0 Å². The normalized spacial score (nSPS) is 23.1. The third kappa shape index (κ3) is 4.22. The lowest BCUT2D eigenvalue weighted by molar-refractivity contribution is 0.0268. The highest BCUT2D eigenvalue weighted by molar-refractivity contribution is 5.97. The summed E-state index contributed by atoms with van der Waals surface area (Å²) in [6.45, 7) is 1.88. The lowest BCUT2D eigenvalue weighted by Gasteiger charge is -2.26. The maximum Gasteiger partial charge on any atom is 0.404 e. The Morgan fingerprint density at radius 2 is 2.20 bits per heavy atom. The van der Waals surface area contributed by atoms with Gasteiger partial charge in [-0.1, -0.05) is 5.16 Å². The summed E-state index contributed by atoms with van der Waals surface area (Å²) in [6.07, 6.45) is 5.78. The maximum absolute atomic E-state index is 10.6. The second-order valence-electron chi connectivity index (χ2n) is 4.95. The summed E-state index contributed by atoms with van der Waals surface area (Å²) < 4.78 is 0. The number of aromatic nitrogens is 1.